The Kier molecular flexibility index (Phi) is 5.95. The van der Waals surface area contributed by atoms with Crippen LogP contribution in [0.3, 0.4) is 0 Å². The van der Waals surface area contributed by atoms with Gasteiger partial charge in [0.25, 0.3) is 0 Å². The third kappa shape index (κ3) is 4.57. The fraction of sp³-hybridized carbons (Fsp3) is 0.500. The molecule has 1 saturated carbocycles. The molecule has 1 aromatic rings. The maximum absolute atomic E-state index is 12.9. The zero-order valence-electron chi connectivity index (χ0n) is 13.9. The number of carboxylic acid groups (broad SMARTS) is 1. The Hall–Kier alpha value is -2.37. The van der Waals surface area contributed by atoms with Gasteiger partial charge in [-0.05, 0) is 50.3 Å². The van der Waals surface area contributed by atoms with Crippen LogP contribution in [-0.2, 0) is 14.4 Å². The van der Waals surface area contributed by atoms with Crippen LogP contribution in [-0.4, -0.2) is 29.4 Å². The van der Waals surface area contributed by atoms with Gasteiger partial charge in [-0.1, -0.05) is 12.1 Å². The number of anilines is 1. The van der Waals surface area contributed by atoms with Crippen LogP contribution in [0.25, 0.3) is 0 Å². The van der Waals surface area contributed by atoms with Crippen molar-refractivity contribution in [2.75, 3.05) is 11.4 Å². The molecule has 1 aliphatic rings. The molecule has 0 spiro atoms. The van der Waals surface area contributed by atoms with Crippen molar-refractivity contribution >= 4 is 23.5 Å². The Bertz CT molecular complexity index is 621. The van der Waals surface area contributed by atoms with Gasteiger partial charge in [0, 0.05) is 24.6 Å². The molecule has 24 heavy (non-hydrogen) atoms. The summed E-state index contributed by atoms with van der Waals surface area (Å²) >= 11 is 0. The third-order valence-corrected chi connectivity index (χ3v) is 4.59. The molecule has 3 N–H and O–H groups in total. The molecule has 1 aliphatic carbocycles. The molecule has 0 radical (unpaired) electrons. The molecule has 2 rings (SSSR count). The first kappa shape index (κ1) is 18.0. The quantitative estimate of drug-likeness (QED) is 0.833. The molecular weight excluding hydrogens is 308 g/mol. The molecule has 6 heteroatoms. The van der Waals surface area contributed by atoms with E-state index in [4.69, 9.17) is 10.8 Å². The highest BCUT2D eigenvalue weighted by Crippen LogP contribution is 2.31. The van der Waals surface area contributed by atoms with E-state index in [0.717, 1.165) is 11.3 Å². The van der Waals surface area contributed by atoms with Gasteiger partial charge in [-0.25, -0.2) is 0 Å². The minimum atomic E-state index is -0.787. The first-order valence-electron chi connectivity index (χ1n) is 8.27. The average Bonchev–Trinajstić information content (AvgIpc) is 2.54. The SMILES string of the molecule is Cc1cccc(N(CCC(N)=O)C(=O)C2CCC(C(=O)O)CC2)c1. The van der Waals surface area contributed by atoms with Crippen LogP contribution < -0.4 is 10.6 Å². The largest absolute Gasteiger partial charge is 0.481 e. The summed E-state index contributed by atoms with van der Waals surface area (Å²) in [5.41, 5.74) is 7.01. The molecule has 1 aromatic carbocycles. The second-order valence-corrected chi connectivity index (χ2v) is 6.43. The van der Waals surface area contributed by atoms with Gasteiger partial charge in [0.05, 0.1) is 5.92 Å². The number of benzene rings is 1. The lowest BCUT2D eigenvalue weighted by Crippen LogP contribution is -2.40. The normalized spacial score (nSPS) is 20.4. The monoisotopic (exact) mass is 332 g/mol. The number of aliphatic carboxylic acids is 1. The Morgan fingerprint density at radius 2 is 1.79 bits per heavy atom. The third-order valence-electron chi connectivity index (χ3n) is 4.59. The number of amides is 2. The van der Waals surface area contributed by atoms with Gasteiger partial charge < -0.3 is 15.7 Å². The summed E-state index contributed by atoms with van der Waals surface area (Å²) in [5.74, 6) is -1.84. The van der Waals surface area contributed by atoms with E-state index in [-0.39, 0.29) is 30.7 Å². The molecule has 0 atom stereocenters. The van der Waals surface area contributed by atoms with E-state index in [9.17, 15) is 14.4 Å². The minimum Gasteiger partial charge on any atom is -0.481 e. The Morgan fingerprint density at radius 3 is 2.33 bits per heavy atom. The highest BCUT2D eigenvalue weighted by atomic mass is 16.4. The first-order valence-corrected chi connectivity index (χ1v) is 8.27. The Balaban J connectivity index is 2.13. The van der Waals surface area contributed by atoms with Crippen LogP contribution in [0.2, 0.25) is 0 Å². The van der Waals surface area contributed by atoms with Crippen molar-refractivity contribution in [1.82, 2.24) is 0 Å². The molecule has 0 aromatic heterocycles. The predicted octanol–water partition coefficient (Wildman–Crippen LogP) is 2.09. The Morgan fingerprint density at radius 1 is 1.17 bits per heavy atom. The number of primary amides is 1. The number of aryl methyl sites for hydroxylation is 1. The molecule has 0 unspecified atom stereocenters. The van der Waals surface area contributed by atoms with Crippen molar-refractivity contribution in [3.63, 3.8) is 0 Å². The zero-order valence-corrected chi connectivity index (χ0v) is 13.9. The maximum atomic E-state index is 12.9. The van der Waals surface area contributed by atoms with E-state index in [1.165, 1.54) is 0 Å². The molecular formula is C18H24N2O4. The second-order valence-electron chi connectivity index (χ2n) is 6.43. The lowest BCUT2D eigenvalue weighted by Gasteiger charge is -2.31. The van der Waals surface area contributed by atoms with Gasteiger partial charge in [-0.3, -0.25) is 14.4 Å². The fourth-order valence-electron chi connectivity index (χ4n) is 3.19. The van der Waals surface area contributed by atoms with Crippen LogP contribution >= 0.6 is 0 Å². The smallest absolute Gasteiger partial charge is 0.306 e. The van der Waals surface area contributed by atoms with Gasteiger partial charge in [0.15, 0.2) is 0 Å². The highest BCUT2D eigenvalue weighted by Gasteiger charge is 2.32. The first-order chi connectivity index (χ1) is 11.4. The number of rotatable bonds is 6. The highest BCUT2D eigenvalue weighted by molar-refractivity contribution is 5.95. The summed E-state index contributed by atoms with van der Waals surface area (Å²) < 4.78 is 0. The van der Waals surface area contributed by atoms with Crippen LogP contribution in [0.4, 0.5) is 5.69 Å². The van der Waals surface area contributed by atoms with E-state index in [0.29, 0.717) is 25.7 Å². The van der Waals surface area contributed by atoms with Crippen molar-refractivity contribution in [2.45, 2.75) is 39.0 Å². The van der Waals surface area contributed by atoms with Crippen molar-refractivity contribution < 1.29 is 19.5 Å². The topological polar surface area (TPSA) is 101 Å². The lowest BCUT2D eigenvalue weighted by molar-refractivity contribution is -0.144. The molecule has 6 nitrogen and oxygen atoms in total. The van der Waals surface area contributed by atoms with E-state index < -0.39 is 11.9 Å². The van der Waals surface area contributed by atoms with Gasteiger partial charge in [0.2, 0.25) is 11.8 Å². The number of carbonyl (C=O) groups excluding carboxylic acids is 2. The lowest BCUT2D eigenvalue weighted by atomic mass is 9.81. The maximum Gasteiger partial charge on any atom is 0.306 e. The summed E-state index contributed by atoms with van der Waals surface area (Å²) in [4.78, 5) is 36.7. The van der Waals surface area contributed by atoms with Crippen LogP contribution in [0, 0.1) is 18.8 Å². The summed E-state index contributed by atoms with van der Waals surface area (Å²) in [6.45, 7) is 2.19. The van der Waals surface area contributed by atoms with Crippen LogP contribution in [0.15, 0.2) is 24.3 Å². The van der Waals surface area contributed by atoms with Gasteiger partial charge in [0.1, 0.15) is 0 Å². The standard InChI is InChI=1S/C18H24N2O4/c1-12-3-2-4-15(11-12)20(10-9-16(19)21)17(22)13-5-7-14(8-6-13)18(23)24/h2-4,11,13-14H,5-10H2,1H3,(H2,19,21)(H,23,24). The molecule has 0 heterocycles. The minimum absolute atomic E-state index is 0.0503. The van der Waals surface area contributed by atoms with Crippen LogP contribution in [0.5, 0.6) is 0 Å². The molecule has 2 amide bonds. The van der Waals surface area contributed by atoms with E-state index >= 15 is 0 Å². The summed E-state index contributed by atoms with van der Waals surface area (Å²) in [6, 6.07) is 7.56. The van der Waals surface area contributed by atoms with Gasteiger partial charge >= 0.3 is 5.97 Å². The van der Waals surface area contributed by atoms with Gasteiger partial charge in [-0.2, -0.15) is 0 Å². The predicted molar refractivity (Wildman–Crippen MR) is 90.4 cm³/mol. The molecule has 0 aliphatic heterocycles. The van der Waals surface area contributed by atoms with Crippen molar-refractivity contribution in [3.8, 4) is 0 Å². The van der Waals surface area contributed by atoms with E-state index in [1.807, 2.05) is 31.2 Å². The molecule has 1 fully saturated rings. The summed E-state index contributed by atoms with van der Waals surface area (Å²) in [7, 11) is 0. The van der Waals surface area contributed by atoms with Gasteiger partial charge in [-0.15, -0.1) is 0 Å². The van der Waals surface area contributed by atoms with Crippen molar-refractivity contribution in [1.29, 1.82) is 0 Å². The summed E-state index contributed by atoms with van der Waals surface area (Å²) in [5, 5.41) is 9.08. The number of carbonyl (C=O) groups is 3. The van der Waals surface area contributed by atoms with E-state index in [2.05, 4.69) is 0 Å². The average molecular weight is 332 g/mol. The van der Waals surface area contributed by atoms with Crippen molar-refractivity contribution in [2.24, 2.45) is 17.6 Å². The number of hydrogen-bond donors (Lipinski definition) is 2. The second kappa shape index (κ2) is 7.95. The number of hydrogen-bond acceptors (Lipinski definition) is 3. The van der Waals surface area contributed by atoms with Crippen LogP contribution in [0.1, 0.15) is 37.7 Å². The number of nitrogens with zero attached hydrogens (tertiary/aromatic N) is 1. The molecule has 130 valence electrons. The zero-order chi connectivity index (χ0) is 17.7. The van der Waals surface area contributed by atoms with E-state index in [1.54, 1.807) is 4.90 Å². The number of carboxylic acids is 1. The molecule has 0 saturated heterocycles. The van der Waals surface area contributed by atoms with Crippen molar-refractivity contribution in [3.05, 3.63) is 29.8 Å². The fourth-order valence-corrected chi connectivity index (χ4v) is 3.19. The molecule has 0 bridgehead atoms. The summed E-state index contributed by atoms with van der Waals surface area (Å²) in [6.07, 6.45) is 2.26. The number of nitrogens with two attached hydrogens (primary N) is 1. The Labute approximate surface area is 141 Å².